The van der Waals surface area contributed by atoms with Gasteiger partial charge < -0.3 is 4.42 Å². The summed E-state index contributed by atoms with van der Waals surface area (Å²) in [7, 11) is 0. The number of rotatable bonds is 0. The van der Waals surface area contributed by atoms with Crippen molar-refractivity contribution in [1.29, 1.82) is 0 Å². The fourth-order valence-corrected chi connectivity index (χ4v) is 1.40. The first-order valence-corrected chi connectivity index (χ1v) is 3.57. The van der Waals surface area contributed by atoms with E-state index in [-0.39, 0.29) is 5.63 Å². The number of hydrogen-bond donors (Lipinski definition) is 0. The number of fused-ring (bicyclic) bond motifs is 1. The molecular weight excluding hydrogens is 150 g/mol. The highest BCUT2D eigenvalue weighted by molar-refractivity contribution is 7.16. The molecule has 10 heavy (non-hydrogen) atoms. The van der Waals surface area contributed by atoms with Crippen LogP contribution in [0, 0.1) is 0 Å². The first-order chi connectivity index (χ1) is 4.88. The van der Waals surface area contributed by atoms with Crippen molar-refractivity contribution in [2.45, 2.75) is 0 Å². The Morgan fingerprint density at radius 2 is 2.50 bits per heavy atom. The van der Waals surface area contributed by atoms with Crippen LogP contribution in [-0.2, 0) is 0 Å². The summed E-state index contributed by atoms with van der Waals surface area (Å²) < 4.78 is 5.20. The van der Waals surface area contributed by atoms with Crippen LogP contribution < -0.4 is 5.63 Å². The maximum atomic E-state index is 10.8. The van der Waals surface area contributed by atoms with Crippen LogP contribution in [0.5, 0.6) is 0 Å². The standard InChI is InChI=1S/C6H3NO2S/c8-6-5-4(1-2-9-6)7-3-10-5/h1-3H. The smallest absolute Gasteiger partial charge is 0.355 e. The molecule has 0 fully saturated rings. The molecule has 2 rings (SSSR count). The number of nitrogens with zero attached hydrogens (tertiary/aromatic N) is 1. The molecule has 0 aliphatic rings. The van der Waals surface area contributed by atoms with Gasteiger partial charge >= 0.3 is 5.63 Å². The monoisotopic (exact) mass is 153 g/mol. The predicted molar refractivity (Wildman–Crippen MR) is 38.2 cm³/mol. The minimum Gasteiger partial charge on any atom is -0.430 e. The number of hydrogen-bond acceptors (Lipinski definition) is 4. The van der Waals surface area contributed by atoms with E-state index in [4.69, 9.17) is 0 Å². The molecule has 0 aromatic carbocycles. The Morgan fingerprint density at radius 1 is 1.60 bits per heavy atom. The van der Waals surface area contributed by atoms with E-state index in [1.807, 2.05) is 0 Å². The zero-order valence-corrected chi connectivity index (χ0v) is 5.72. The van der Waals surface area contributed by atoms with E-state index in [9.17, 15) is 4.79 Å². The van der Waals surface area contributed by atoms with Gasteiger partial charge in [0, 0.05) is 6.07 Å². The third-order valence-electron chi connectivity index (χ3n) is 1.18. The molecule has 0 bridgehead atoms. The normalized spacial score (nSPS) is 10.4. The van der Waals surface area contributed by atoms with E-state index >= 15 is 0 Å². The summed E-state index contributed by atoms with van der Waals surface area (Å²) in [6, 6.07) is 1.67. The molecule has 0 aliphatic heterocycles. The molecule has 0 amide bonds. The highest BCUT2D eigenvalue weighted by Gasteiger charge is 1.99. The van der Waals surface area contributed by atoms with Crippen molar-refractivity contribution in [2.75, 3.05) is 0 Å². The zero-order chi connectivity index (χ0) is 6.97. The second kappa shape index (κ2) is 1.91. The van der Waals surface area contributed by atoms with Gasteiger partial charge in [0.15, 0.2) is 0 Å². The second-order valence-corrected chi connectivity index (χ2v) is 2.63. The van der Waals surface area contributed by atoms with E-state index in [1.54, 1.807) is 11.6 Å². The summed E-state index contributed by atoms with van der Waals surface area (Å²) >= 11 is 1.30. The summed E-state index contributed by atoms with van der Waals surface area (Å²) in [6.45, 7) is 0. The lowest BCUT2D eigenvalue weighted by Crippen LogP contribution is -1.93. The molecule has 2 aromatic heterocycles. The van der Waals surface area contributed by atoms with Crippen molar-refractivity contribution in [2.24, 2.45) is 0 Å². The Bertz CT molecular complexity index is 403. The van der Waals surface area contributed by atoms with Crippen molar-refractivity contribution in [1.82, 2.24) is 4.98 Å². The molecule has 0 radical (unpaired) electrons. The average Bonchev–Trinajstić information content (AvgIpc) is 2.36. The van der Waals surface area contributed by atoms with Gasteiger partial charge in [0.1, 0.15) is 4.70 Å². The fourth-order valence-electron chi connectivity index (χ4n) is 0.740. The van der Waals surface area contributed by atoms with Gasteiger partial charge in [-0.25, -0.2) is 9.78 Å². The molecule has 50 valence electrons. The lowest BCUT2D eigenvalue weighted by Gasteiger charge is -1.80. The van der Waals surface area contributed by atoms with Gasteiger partial charge in [-0.15, -0.1) is 11.3 Å². The molecule has 0 aliphatic carbocycles. The van der Waals surface area contributed by atoms with E-state index in [1.165, 1.54) is 17.6 Å². The topological polar surface area (TPSA) is 43.1 Å². The maximum Gasteiger partial charge on any atom is 0.355 e. The van der Waals surface area contributed by atoms with E-state index in [0.29, 0.717) is 10.2 Å². The molecule has 0 saturated carbocycles. The first kappa shape index (κ1) is 5.61. The van der Waals surface area contributed by atoms with E-state index in [0.717, 1.165) is 0 Å². The highest BCUT2D eigenvalue weighted by Crippen LogP contribution is 2.10. The molecule has 2 aromatic rings. The largest absolute Gasteiger partial charge is 0.430 e. The van der Waals surface area contributed by atoms with Gasteiger partial charge in [-0.05, 0) is 0 Å². The molecule has 0 saturated heterocycles. The van der Waals surface area contributed by atoms with Crippen molar-refractivity contribution in [3.63, 3.8) is 0 Å². The van der Waals surface area contributed by atoms with Crippen LogP contribution in [0.2, 0.25) is 0 Å². The lowest BCUT2D eigenvalue weighted by atomic mass is 10.5. The molecule has 0 unspecified atom stereocenters. The van der Waals surface area contributed by atoms with Gasteiger partial charge in [0.25, 0.3) is 0 Å². The van der Waals surface area contributed by atoms with Gasteiger partial charge in [-0.2, -0.15) is 0 Å². The summed E-state index contributed by atoms with van der Waals surface area (Å²) in [5, 5.41) is 0. The Labute approximate surface area is 59.9 Å². The quantitative estimate of drug-likeness (QED) is 0.572. The lowest BCUT2D eigenvalue weighted by molar-refractivity contribution is 0.520. The minimum absolute atomic E-state index is 0.306. The number of thiazole rings is 1. The molecular formula is C6H3NO2S. The Kier molecular flexibility index (Phi) is 1.07. The average molecular weight is 153 g/mol. The SMILES string of the molecule is O=c1occc2ncsc12. The van der Waals surface area contributed by atoms with Crippen LogP contribution in [0.25, 0.3) is 10.2 Å². The molecule has 2 heterocycles. The highest BCUT2D eigenvalue weighted by atomic mass is 32.1. The van der Waals surface area contributed by atoms with Crippen molar-refractivity contribution >= 4 is 21.6 Å². The predicted octanol–water partition coefficient (Wildman–Crippen LogP) is 1.25. The fraction of sp³-hybridized carbons (Fsp3) is 0. The van der Waals surface area contributed by atoms with Gasteiger partial charge in [0.05, 0.1) is 17.3 Å². The zero-order valence-electron chi connectivity index (χ0n) is 4.90. The molecule has 0 N–H and O–H groups in total. The van der Waals surface area contributed by atoms with Crippen molar-refractivity contribution in [3.8, 4) is 0 Å². The van der Waals surface area contributed by atoms with Crippen molar-refractivity contribution in [3.05, 3.63) is 28.3 Å². The van der Waals surface area contributed by atoms with Crippen LogP contribution in [0.4, 0.5) is 0 Å². The van der Waals surface area contributed by atoms with Crippen LogP contribution in [0.15, 0.2) is 27.1 Å². The van der Waals surface area contributed by atoms with Crippen LogP contribution in [0.3, 0.4) is 0 Å². The van der Waals surface area contributed by atoms with Gasteiger partial charge in [-0.1, -0.05) is 0 Å². The van der Waals surface area contributed by atoms with Crippen LogP contribution >= 0.6 is 11.3 Å². The molecule has 0 atom stereocenters. The Hall–Kier alpha value is -1.16. The molecule has 0 spiro atoms. The summed E-state index contributed by atoms with van der Waals surface area (Å²) in [5.74, 6) is 0. The summed E-state index contributed by atoms with van der Waals surface area (Å²) in [6.07, 6.45) is 1.35. The van der Waals surface area contributed by atoms with Crippen molar-refractivity contribution < 1.29 is 4.42 Å². The summed E-state index contributed by atoms with van der Waals surface area (Å²) in [5.41, 5.74) is 2.03. The third-order valence-corrected chi connectivity index (χ3v) is 2.00. The van der Waals surface area contributed by atoms with Gasteiger partial charge in [-0.3, -0.25) is 0 Å². The van der Waals surface area contributed by atoms with Crippen LogP contribution in [0.1, 0.15) is 0 Å². The maximum absolute atomic E-state index is 10.8. The van der Waals surface area contributed by atoms with E-state index < -0.39 is 0 Å². The second-order valence-electron chi connectivity index (χ2n) is 1.77. The van der Waals surface area contributed by atoms with Crippen LogP contribution in [-0.4, -0.2) is 4.98 Å². The minimum atomic E-state index is -0.306. The summed E-state index contributed by atoms with van der Waals surface area (Å²) in [4.78, 5) is 14.8. The van der Waals surface area contributed by atoms with E-state index in [2.05, 4.69) is 9.40 Å². The Morgan fingerprint density at radius 3 is 3.30 bits per heavy atom. The Balaban J connectivity index is 3.09. The molecule has 3 nitrogen and oxygen atoms in total. The number of aromatic nitrogens is 1. The molecule has 4 heteroatoms. The van der Waals surface area contributed by atoms with Gasteiger partial charge in [0.2, 0.25) is 0 Å². The third kappa shape index (κ3) is 0.657. The first-order valence-electron chi connectivity index (χ1n) is 2.69.